The van der Waals surface area contributed by atoms with E-state index in [0.717, 1.165) is 12.1 Å². The lowest BCUT2D eigenvalue weighted by molar-refractivity contribution is 0.254. The molecule has 2 atom stereocenters. The maximum absolute atomic E-state index is 5.72. The van der Waals surface area contributed by atoms with Crippen molar-refractivity contribution in [1.82, 2.24) is 4.90 Å². The van der Waals surface area contributed by atoms with Gasteiger partial charge in [-0.25, -0.2) is 0 Å². The van der Waals surface area contributed by atoms with Gasteiger partial charge in [0, 0.05) is 37.4 Å². The maximum Gasteiger partial charge on any atom is 0.0396 e. The fourth-order valence-electron chi connectivity index (χ4n) is 3.73. The summed E-state index contributed by atoms with van der Waals surface area (Å²) >= 11 is 0. The van der Waals surface area contributed by atoms with Crippen LogP contribution >= 0.6 is 0 Å². The summed E-state index contributed by atoms with van der Waals surface area (Å²) in [6, 6.07) is 8.22. The highest BCUT2D eigenvalue weighted by atomic mass is 15.3. The van der Waals surface area contributed by atoms with E-state index >= 15 is 0 Å². The number of anilines is 1. The summed E-state index contributed by atoms with van der Waals surface area (Å²) in [5.74, 6) is 0. The van der Waals surface area contributed by atoms with Gasteiger partial charge in [-0.1, -0.05) is 12.1 Å². The zero-order chi connectivity index (χ0) is 13.4. The van der Waals surface area contributed by atoms with E-state index in [1.807, 2.05) is 0 Å². The number of nitrogens with two attached hydrogens (primary N) is 1. The molecule has 0 radical (unpaired) electrons. The first-order chi connectivity index (χ1) is 9.19. The van der Waals surface area contributed by atoms with Gasteiger partial charge in [0.25, 0.3) is 0 Å². The molecular weight excluding hydrogens is 234 g/mol. The van der Waals surface area contributed by atoms with E-state index in [2.05, 4.69) is 42.0 Å². The Kier molecular flexibility index (Phi) is 3.50. The van der Waals surface area contributed by atoms with Crippen LogP contribution in [0.3, 0.4) is 0 Å². The Hall–Kier alpha value is -1.06. The number of hydrogen-bond donors (Lipinski definition) is 1. The van der Waals surface area contributed by atoms with Crippen molar-refractivity contribution >= 4 is 5.69 Å². The third-order valence-corrected chi connectivity index (χ3v) is 4.99. The molecule has 2 aliphatic heterocycles. The van der Waals surface area contributed by atoms with Gasteiger partial charge in [0.2, 0.25) is 0 Å². The number of rotatable bonds is 2. The zero-order valence-corrected chi connectivity index (χ0v) is 12.1. The van der Waals surface area contributed by atoms with E-state index in [-0.39, 0.29) is 0 Å². The Morgan fingerprint density at radius 2 is 2.00 bits per heavy atom. The first-order valence-corrected chi connectivity index (χ1v) is 7.45. The van der Waals surface area contributed by atoms with Gasteiger partial charge >= 0.3 is 0 Å². The van der Waals surface area contributed by atoms with E-state index in [0.29, 0.717) is 6.54 Å². The predicted molar refractivity (Wildman–Crippen MR) is 80.5 cm³/mol. The fraction of sp³-hybridized carbons (Fsp3) is 0.625. The number of hydrogen-bond acceptors (Lipinski definition) is 3. The molecule has 2 saturated heterocycles. The van der Waals surface area contributed by atoms with E-state index in [1.54, 1.807) is 0 Å². The Bertz CT molecular complexity index is 457. The van der Waals surface area contributed by atoms with Gasteiger partial charge < -0.3 is 10.6 Å². The molecule has 0 aliphatic carbocycles. The first kappa shape index (κ1) is 12.9. The standard InChI is InChI=1S/C16H25N3/c1-12-9-13(10-17)3-6-16(12)19-8-7-14-4-5-15(11-19)18(14)2/h3,6,9,14-15H,4-5,7-8,10-11,17H2,1-2H3. The number of likely N-dealkylation sites (N-methyl/N-ethyl adjacent to an activating group) is 1. The predicted octanol–water partition coefficient (Wildman–Crippen LogP) is 2.13. The number of fused-ring (bicyclic) bond motifs is 2. The van der Waals surface area contributed by atoms with Crippen LogP contribution in [-0.4, -0.2) is 37.1 Å². The Morgan fingerprint density at radius 1 is 1.21 bits per heavy atom. The van der Waals surface area contributed by atoms with Crippen molar-refractivity contribution in [1.29, 1.82) is 0 Å². The minimum atomic E-state index is 0.633. The zero-order valence-electron chi connectivity index (χ0n) is 12.1. The van der Waals surface area contributed by atoms with E-state index in [1.165, 1.54) is 49.2 Å². The minimum Gasteiger partial charge on any atom is -0.370 e. The molecule has 2 bridgehead atoms. The molecule has 1 aromatic carbocycles. The molecule has 3 rings (SSSR count). The van der Waals surface area contributed by atoms with Gasteiger partial charge in [-0.3, -0.25) is 4.90 Å². The third kappa shape index (κ3) is 2.37. The smallest absolute Gasteiger partial charge is 0.0396 e. The molecule has 0 amide bonds. The Labute approximate surface area is 116 Å². The van der Waals surface area contributed by atoms with E-state index < -0.39 is 0 Å². The monoisotopic (exact) mass is 259 g/mol. The largest absolute Gasteiger partial charge is 0.370 e. The molecule has 0 aromatic heterocycles. The second kappa shape index (κ2) is 5.14. The van der Waals surface area contributed by atoms with Gasteiger partial charge in [-0.05, 0) is 50.4 Å². The highest BCUT2D eigenvalue weighted by Gasteiger charge is 2.34. The van der Waals surface area contributed by atoms with Crippen molar-refractivity contribution in [3.05, 3.63) is 29.3 Å². The molecule has 3 nitrogen and oxygen atoms in total. The molecule has 2 aliphatic rings. The molecule has 2 unspecified atom stereocenters. The molecule has 0 spiro atoms. The number of aryl methyl sites for hydroxylation is 1. The van der Waals surface area contributed by atoms with Crippen LogP contribution in [0.2, 0.25) is 0 Å². The van der Waals surface area contributed by atoms with Gasteiger partial charge in [0.05, 0.1) is 0 Å². The molecule has 1 aromatic rings. The summed E-state index contributed by atoms with van der Waals surface area (Å²) in [7, 11) is 2.30. The molecule has 19 heavy (non-hydrogen) atoms. The third-order valence-electron chi connectivity index (χ3n) is 4.99. The summed E-state index contributed by atoms with van der Waals surface area (Å²) in [6.07, 6.45) is 4.04. The number of benzene rings is 1. The molecular formula is C16H25N3. The summed E-state index contributed by atoms with van der Waals surface area (Å²) in [6.45, 7) is 5.21. The number of nitrogens with zero attached hydrogens (tertiary/aromatic N) is 2. The SMILES string of the molecule is Cc1cc(CN)ccc1N1CCC2CCC(C1)N2C. The van der Waals surface area contributed by atoms with Crippen LogP contribution in [-0.2, 0) is 6.54 Å². The van der Waals surface area contributed by atoms with Crippen molar-refractivity contribution < 1.29 is 0 Å². The van der Waals surface area contributed by atoms with Crippen LogP contribution in [0.5, 0.6) is 0 Å². The topological polar surface area (TPSA) is 32.5 Å². The Morgan fingerprint density at radius 3 is 2.74 bits per heavy atom. The van der Waals surface area contributed by atoms with Crippen LogP contribution in [0.15, 0.2) is 18.2 Å². The van der Waals surface area contributed by atoms with Crippen LogP contribution < -0.4 is 10.6 Å². The van der Waals surface area contributed by atoms with Crippen LogP contribution in [0.1, 0.15) is 30.4 Å². The maximum atomic E-state index is 5.72. The lowest BCUT2D eigenvalue weighted by Gasteiger charge is -2.29. The highest BCUT2D eigenvalue weighted by Crippen LogP contribution is 2.32. The van der Waals surface area contributed by atoms with Crippen molar-refractivity contribution in [3.63, 3.8) is 0 Å². The van der Waals surface area contributed by atoms with Gasteiger partial charge in [-0.2, -0.15) is 0 Å². The average molecular weight is 259 g/mol. The summed E-state index contributed by atoms with van der Waals surface area (Å²) < 4.78 is 0. The fourth-order valence-corrected chi connectivity index (χ4v) is 3.73. The van der Waals surface area contributed by atoms with Gasteiger partial charge in [0.15, 0.2) is 0 Å². The van der Waals surface area contributed by atoms with E-state index in [9.17, 15) is 0 Å². The normalized spacial score (nSPS) is 27.6. The molecule has 2 N–H and O–H groups in total. The molecule has 0 saturated carbocycles. The first-order valence-electron chi connectivity index (χ1n) is 7.45. The second-order valence-electron chi connectivity index (χ2n) is 6.11. The summed E-state index contributed by atoms with van der Waals surface area (Å²) in [4.78, 5) is 5.18. The highest BCUT2D eigenvalue weighted by molar-refractivity contribution is 5.55. The molecule has 2 fully saturated rings. The van der Waals surface area contributed by atoms with Crippen molar-refractivity contribution in [2.24, 2.45) is 5.73 Å². The van der Waals surface area contributed by atoms with Crippen molar-refractivity contribution in [2.75, 3.05) is 25.0 Å². The van der Waals surface area contributed by atoms with Gasteiger partial charge in [0.1, 0.15) is 0 Å². The quantitative estimate of drug-likeness (QED) is 0.883. The molecule has 2 heterocycles. The second-order valence-corrected chi connectivity index (χ2v) is 6.11. The average Bonchev–Trinajstić information content (AvgIpc) is 2.64. The lowest BCUT2D eigenvalue weighted by atomic mass is 10.0. The van der Waals surface area contributed by atoms with Crippen LogP contribution in [0.4, 0.5) is 5.69 Å². The van der Waals surface area contributed by atoms with Crippen molar-refractivity contribution in [2.45, 2.75) is 44.8 Å². The molecule has 104 valence electrons. The van der Waals surface area contributed by atoms with E-state index in [4.69, 9.17) is 5.73 Å². The van der Waals surface area contributed by atoms with Gasteiger partial charge in [-0.15, -0.1) is 0 Å². The Balaban J connectivity index is 1.82. The van der Waals surface area contributed by atoms with Crippen LogP contribution in [0, 0.1) is 6.92 Å². The summed E-state index contributed by atoms with van der Waals surface area (Å²) in [5, 5.41) is 0. The lowest BCUT2D eigenvalue weighted by Crippen LogP contribution is -2.36. The minimum absolute atomic E-state index is 0.633. The molecule has 3 heteroatoms. The summed E-state index contributed by atoms with van der Waals surface area (Å²) in [5.41, 5.74) is 9.72. The van der Waals surface area contributed by atoms with Crippen molar-refractivity contribution in [3.8, 4) is 0 Å². The van der Waals surface area contributed by atoms with Crippen LogP contribution in [0.25, 0.3) is 0 Å².